The van der Waals surface area contributed by atoms with Crippen LogP contribution in [-0.4, -0.2) is 25.2 Å². The van der Waals surface area contributed by atoms with Crippen LogP contribution < -0.4 is 0 Å². The van der Waals surface area contributed by atoms with Gasteiger partial charge in [-0.1, -0.05) is 88.4 Å². The number of halogens is 1. The van der Waals surface area contributed by atoms with Crippen molar-refractivity contribution >= 4 is 23.5 Å². The van der Waals surface area contributed by atoms with Crippen LogP contribution in [0.15, 0.2) is 24.3 Å². The molecule has 5 heteroatoms. The summed E-state index contributed by atoms with van der Waals surface area (Å²) >= 11 is 5.93. The van der Waals surface area contributed by atoms with Crippen LogP contribution in [0, 0.1) is 0 Å². The molecule has 170 valence electrons. The molecule has 4 nitrogen and oxygen atoms in total. The van der Waals surface area contributed by atoms with Gasteiger partial charge in [-0.2, -0.15) is 0 Å². The molecule has 0 unspecified atom stereocenters. The number of carbonyl (C=O) groups is 2. The van der Waals surface area contributed by atoms with Crippen molar-refractivity contribution in [3.05, 3.63) is 34.9 Å². The maximum atomic E-state index is 11.7. The van der Waals surface area contributed by atoms with Gasteiger partial charge in [0.1, 0.15) is 0 Å². The van der Waals surface area contributed by atoms with Gasteiger partial charge in [0.15, 0.2) is 0 Å². The van der Waals surface area contributed by atoms with Crippen LogP contribution >= 0.6 is 11.6 Å². The SMILES string of the molecule is CCCCCCCCCCCCOC(=O)CCCC(=O)OCCc1cccc(Cl)c1. The van der Waals surface area contributed by atoms with Gasteiger partial charge >= 0.3 is 11.9 Å². The Kier molecular flexibility index (Phi) is 16.1. The van der Waals surface area contributed by atoms with E-state index in [-0.39, 0.29) is 24.8 Å². The lowest BCUT2D eigenvalue weighted by atomic mass is 10.1. The molecule has 0 saturated heterocycles. The van der Waals surface area contributed by atoms with Gasteiger partial charge in [-0.3, -0.25) is 9.59 Å². The third kappa shape index (κ3) is 15.3. The summed E-state index contributed by atoms with van der Waals surface area (Å²) in [6.45, 7) is 3.05. The van der Waals surface area contributed by atoms with Gasteiger partial charge < -0.3 is 9.47 Å². The number of benzene rings is 1. The third-order valence-corrected chi connectivity index (χ3v) is 5.30. The zero-order valence-corrected chi connectivity index (χ0v) is 19.4. The number of esters is 2. The zero-order valence-electron chi connectivity index (χ0n) is 18.6. The van der Waals surface area contributed by atoms with Gasteiger partial charge in [0.05, 0.1) is 13.2 Å². The first-order chi connectivity index (χ1) is 14.6. The second kappa shape index (κ2) is 18.2. The van der Waals surface area contributed by atoms with E-state index in [0.717, 1.165) is 18.4 Å². The van der Waals surface area contributed by atoms with Crippen LogP contribution in [0.5, 0.6) is 0 Å². The van der Waals surface area contributed by atoms with Gasteiger partial charge in [0.2, 0.25) is 0 Å². The predicted molar refractivity (Wildman–Crippen MR) is 123 cm³/mol. The van der Waals surface area contributed by atoms with E-state index in [1.54, 1.807) is 0 Å². The van der Waals surface area contributed by atoms with E-state index in [1.807, 2.05) is 24.3 Å². The summed E-state index contributed by atoms with van der Waals surface area (Å²) in [5.41, 5.74) is 1.03. The molecule has 0 aliphatic rings. The van der Waals surface area contributed by atoms with Gasteiger partial charge in [-0.15, -0.1) is 0 Å². The molecular weight excluding hydrogens is 400 g/mol. The second-order valence-corrected chi connectivity index (χ2v) is 8.29. The Morgan fingerprint density at radius 3 is 1.93 bits per heavy atom. The summed E-state index contributed by atoms with van der Waals surface area (Å²) < 4.78 is 10.4. The van der Waals surface area contributed by atoms with Crippen LogP contribution in [0.2, 0.25) is 5.02 Å². The number of carbonyl (C=O) groups excluding carboxylic acids is 2. The minimum atomic E-state index is -0.278. The molecule has 1 rings (SSSR count). The van der Waals surface area contributed by atoms with E-state index in [9.17, 15) is 9.59 Å². The summed E-state index contributed by atoms with van der Waals surface area (Å²) in [6, 6.07) is 7.50. The Balaban J connectivity index is 1.89. The molecule has 1 aromatic carbocycles. The first kappa shape index (κ1) is 26.5. The van der Waals surface area contributed by atoms with Crippen molar-refractivity contribution in [1.29, 1.82) is 0 Å². The molecule has 0 aromatic heterocycles. The average molecular weight is 439 g/mol. The highest BCUT2D eigenvalue weighted by Crippen LogP contribution is 2.12. The molecule has 1 aromatic rings. The molecule has 0 spiro atoms. The average Bonchev–Trinajstić information content (AvgIpc) is 2.72. The van der Waals surface area contributed by atoms with E-state index >= 15 is 0 Å². The van der Waals surface area contributed by atoms with Crippen molar-refractivity contribution in [3.8, 4) is 0 Å². The van der Waals surface area contributed by atoms with Gasteiger partial charge in [-0.05, 0) is 30.5 Å². The quantitative estimate of drug-likeness (QED) is 0.182. The van der Waals surface area contributed by atoms with Crippen LogP contribution in [-0.2, 0) is 25.5 Å². The lowest BCUT2D eigenvalue weighted by molar-refractivity contribution is -0.145. The Labute approximate surface area is 187 Å². The van der Waals surface area contributed by atoms with Crippen LogP contribution in [0.25, 0.3) is 0 Å². The third-order valence-electron chi connectivity index (χ3n) is 5.07. The molecule has 0 saturated carbocycles. The summed E-state index contributed by atoms with van der Waals surface area (Å²) in [6.07, 6.45) is 14.2. The fourth-order valence-corrected chi connectivity index (χ4v) is 3.48. The van der Waals surface area contributed by atoms with E-state index in [0.29, 0.717) is 31.1 Å². The minimum absolute atomic E-state index is 0.224. The lowest BCUT2D eigenvalue weighted by Gasteiger charge is -2.06. The van der Waals surface area contributed by atoms with Crippen molar-refractivity contribution in [2.75, 3.05) is 13.2 Å². The van der Waals surface area contributed by atoms with Crippen molar-refractivity contribution in [3.63, 3.8) is 0 Å². The lowest BCUT2D eigenvalue weighted by Crippen LogP contribution is -2.10. The van der Waals surface area contributed by atoms with Crippen molar-refractivity contribution in [1.82, 2.24) is 0 Å². The summed E-state index contributed by atoms with van der Waals surface area (Å²) in [7, 11) is 0. The monoisotopic (exact) mass is 438 g/mol. The standard InChI is InChI=1S/C25H39ClO4/c1-2-3-4-5-6-7-8-9-10-11-19-29-24(27)16-13-17-25(28)30-20-18-22-14-12-15-23(26)21-22/h12,14-15,21H,2-11,13,16-20H2,1H3. The van der Waals surface area contributed by atoms with E-state index in [1.165, 1.54) is 51.4 Å². The van der Waals surface area contributed by atoms with Crippen LogP contribution in [0.3, 0.4) is 0 Å². The Morgan fingerprint density at radius 1 is 0.767 bits per heavy atom. The second-order valence-electron chi connectivity index (χ2n) is 7.86. The smallest absolute Gasteiger partial charge is 0.305 e. The van der Waals surface area contributed by atoms with Gasteiger partial charge in [-0.25, -0.2) is 0 Å². The molecule has 0 fully saturated rings. The van der Waals surface area contributed by atoms with Crippen molar-refractivity contribution in [2.45, 2.75) is 96.8 Å². The summed E-state index contributed by atoms with van der Waals surface area (Å²) in [4.78, 5) is 23.5. The molecule has 0 aliphatic carbocycles. The number of hydrogen-bond donors (Lipinski definition) is 0. The number of unbranched alkanes of at least 4 members (excludes halogenated alkanes) is 9. The van der Waals surface area contributed by atoms with Crippen molar-refractivity contribution < 1.29 is 19.1 Å². The van der Waals surface area contributed by atoms with Gasteiger partial charge in [0, 0.05) is 24.3 Å². The molecule has 0 atom stereocenters. The largest absolute Gasteiger partial charge is 0.466 e. The maximum Gasteiger partial charge on any atom is 0.305 e. The number of hydrogen-bond acceptors (Lipinski definition) is 4. The van der Waals surface area contributed by atoms with E-state index in [2.05, 4.69) is 6.92 Å². The van der Waals surface area contributed by atoms with E-state index < -0.39 is 0 Å². The molecule has 30 heavy (non-hydrogen) atoms. The molecule has 0 N–H and O–H groups in total. The molecule has 0 radical (unpaired) electrons. The van der Waals surface area contributed by atoms with E-state index in [4.69, 9.17) is 21.1 Å². The molecule has 0 bridgehead atoms. The normalized spacial score (nSPS) is 10.7. The Bertz CT molecular complexity index is 588. The summed E-state index contributed by atoms with van der Waals surface area (Å²) in [5, 5.41) is 0.676. The van der Waals surface area contributed by atoms with Crippen LogP contribution in [0.1, 0.15) is 96.0 Å². The summed E-state index contributed by atoms with van der Waals surface area (Å²) in [5.74, 6) is -0.503. The highest BCUT2D eigenvalue weighted by molar-refractivity contribution is 6.30. The van der Waals surface area contributed by atoms with Crippen LogP contribution in [0.4, 0.5) is 0 Å². The zero-order chi connectivity index (χ0) is 21.9. The minimum Gasteiger partial charge on any atom is -0.466 e. The molecular formula is C25H39ClO4. The predicted octanol–water partition coefficient (Wildman–Crippen LogP) is 7.06. The highest BCUT2D eigenvalue weighted by Gasteiger charge is 2.07. The molecule has 0 amide bonds. The Hall–Kier alpha value is -1.55. The number of rotatable bonds is 18. The first-order valence-corrected chi connectivity index (χ1v) is 12.0. The fraction of sp³-hybridized carbons (Fsp3) is 0.680. The number of ether oxygens (including phenoxy) is 2. The molecule has 0 heterocycles. The maximum absolute atomic E-state index is 11.7. The highest BCUT2D eigenvalue weighted by atomic mass is 35.5. The first-order valence-electron chi connectivity index (χ1n) is 11.7. The van der Waals surface area contributed by atoms with Gasteiger partial charge in [0.25, 0.3) is 0 Å². The topological polar surface area (TPSA) is 52.6 Å². The Morgan fingerprint density at radius 2 is 1.33 bits per heavy atom. The van der Waals surface area contributed by atoms with Crippen molar-refractivity contribution in [2.24, 2.45) is 0 Å². The molecule has 0 aliphatic heterocycles. The fourth-order valence-electron chi connectivity index (χ4n) is 3.27.